The van der Waals surface area contributed by atoms with Gasteiger partial charge in [-0.3, -0.25) is 4.90 Å². The summed E-state index contributed by atoms with van der Waals surface area (Å²) in [5, 5.41) is 3.62. The lowest BCUT2D eigenvalue weighted by molar-refractivity contribution is 0.0957. The Morgan fingerprint density at radius 3 is 2.29 bits per heavy atom. The first-order valence-corrected chi connectivity index (χ1v) is 8.21. The van der Waals surface area contributed by atoms with E-state index in [2.05, 4.69) is 62.2 Å². The van der Waals surface area contributed by atoms with Gasteiger partial charge in [-0.15, -0.1) is 0 Å². The van der Waals surface area contributed by atoms with E-state index in [1.165, 1.54) is 11.1 Å². The Hall–Kier alpha value is -0.900. The van der Waals surface area contributed by atoms with Crippen LogP contribution < -0.4 is 5.32 Å². The number of rotatable bonds is 10. The van der Waals surface area contributed by atoms with Crippen LogP contribution in [-0.4, -0.2) is 44.3 Å². The molecule has 0 aliphatic rings. The van der Waals surface area contributed by atoms with Crippen molar-refractivity contribution in [2.75, 3.05) is 33.4 Å². The molecule has 1 rings (SSSR count). The summed E-state index contributed by atoms with van der Waals surface area (Å²) < 4.78 is 5.30. The lowest BCUT2D eigenvalue weighted by Crippen LogP contribution is -2.42. The summed E-state index contributed by atoms with van der Waals surface area (Å²) in [6.07, 6.45) is 1.10. The molecule has 3 heteroatoms. The molecule has 0 fully saturated rings. The second-order valence-electron chi connectivity index (χ2n) is 5.60. The molecule has 0 amide bonds. The third-order valence-corrected chi connectivity index (χ3v) is 4.10. The van der Waals surface area contributed by atoms with Crippen molar-refractivity contribution in [2.45, 2.75) is 46.2 Å². The number of hydrogen-bond donors (Lipinski definition) is 1. The number of hydrogen-bond acceptors (Lipinski definition) is 3. The lowest BCUT2D eigenvalue weighted by Gasteiger charge is -2.32. The van der Waals surface area contributed by atoms with Crippen LogP contribution in [-0.2, 0) is 11.2 Å². The fourth-order valence-corrected chi connectivity index (χ4v) is 2.72. The van der Waals surface area contributed by atoms with Crippen molar-refractivity contribution in [3.8, 4) is 0 Å². The third kappa shape index (κ3) is 5.77. The summed E-state index contributed by atoms with van der Waals surface area (Å²) in [5.41, 5.74) is 2.77. The second-order valence-corrected chi connectivity index (χ2v) is 5.60. The highest BCUT2D eigenvalue weighted by Gasteiger charge is 2.18. The van der Waals surface area contributed by atoms with Crippen LogP contribution in [0.2, 0.25) is 0 Å². The minimum absolute atomic E-state index is 0.375. The van der Waals surface area contributed by atoms with Crippen LogP contribution in [0.15, 0.2) is 24.3 Å². The number of nitrogens with one attached hydrogen (secondary N) is 1. The molecule has 0 heterocycles. The van der Waals surface area contributed by atoms with Gasteiger partial charge in [0.2, 0.25) is 0 Å². The van der Waals surface area contributed by atoms with Crippen molar-refractivity contribution in [1.29, 1.82) is 0 Å². The number of likely N-dealkylation sites (N-methyl/N-ethyl adjacent to an activating group) is 2. The molecule has 0 aromatic heterocycles. The van der Waals surface area contributed by atoms with Gasteiger partial charge in [0.1, 0.15) is 0 Å². The summed E-state index contributed by atoms with van der Waals surface area (Å²) >= 11 is 0. The zero-order valence-corrected chi connectivity index (χ0v) is 14.4. The number of aryl methyl sites for hydroxylation is 1. The van der Waals surface area contributed by atoms with Crippen molar-refractivity contribution in [2.24, 2.45) is 0 Å². The molecule has 1 aromatic rings. The van der Waals surface area contributed by atoms with Crippen LogP contribution in [0.1, 0.15) is 44.9 Å². The molecule has 3 nitrogen and oxygen atoms in total. The smallest absolute Gasteiger partial charge is 0.0615 e. The van der Waals surface area contributed by atoms with Gasteiger partial charge in [0.25, 0.3) is 0 Å². The molecular weight excluding hydrogens is 260 g/mol. The molecule has 0 saturated heterocycles. The Morgan fingerprint density at radius 2 is 1.81 bits per heavy atom. The molecule has 2 atom stereocenters. The van der Waals surface area contributed by atoms with E-state index in [1.807, 2.05) is 0 Å². The first-order chi connectivity index (χ1) is 10.2. The standard InChI is InChI=1S/C18H32N2O/c1-6-16-9-11-17(12-10-16)18(19-7-2)13-20(8-3)15(4)14-21-5/h9-12,15,18-19H,6-8,13-14H2,1-5H3. The van der Waals surface area contributed by atoms with E-state index in [9.17, 15) is 0 Å². The molecule has 1 N–H and O–H groups in total. The van der Waals surface area contributed by atoms with Crippen LogP contribution in [0.3, 0.4) is 0 Å². The van der Waals surface area contributed by atoms with Gasteiger partial charge in [-0.25, -0.2) is 0 Å². The van der Waals surface area contributed by atoms with Gasteiger partial charge in [0.05, 0.1) is 6.61 Å². The Labute approximate surface area is 130 Å². The van der Waals surface area contributed by atoms with Crippen molar-refractivity contribution >= 4 is 0 Å². The number of benzene rings is 1. The third-order valence-electron chi connectivity index (χ3n) is 4.10. The predicted molar refractivity (Wildman–Crippen MR) is 90.8 cm³/mol. The molecule has 120 valence electrons. The Bertz CT molecular complexity index is 377. The largest absolute Gasteiger partial charge is 0.383 e. The summed E-state index contributed by atoms with van der Waals surface area (Å²) in [6, 6.07) is 9.83. The van der Waals surface area contributed by atoms with E-state index < -0.39 is 0 Å². The van der Waals surface area contributed by atoms with Gasteiger partial charge in [-0.1, -0.05) is 45.0 Å². The summed E-state index contributed by atoms with van der Waals surface area (Å²) in [5.74, 6) is 0. The molecule has 0 saturated carbocycles. The van der Waals surface area contributed by atoms with Crippen LogP contribution in [0.5, 0.6) is 0 Å². The SMILES string of the molecule is CCNC(CN(CC)C(C)COC)c1ccc(CC)cc1. The van der Waals surface area contributed by atoms with Crippen LogP contribution in [0, 0.1) is 0 Å². The van der Waals surface area contributed by atoms with Crippen molar-refractivity contribution in [3.05, 3.63) is 35.4 Å². The van der Waals surface area contributed by atoms with Crippen molar-refractivity contribution < 1.29 is 4.74 Å². The van der Waals surface area contributed by atoms with Gasteiger partial charge in [-0.05, 0) is 37.6 Å². The molecule has 2 unspecified atom stereocenters. The molecule has 1 aromatic carbocycles. The van der Waals surface area contributed by atoms with E-state index in [0.29, 0.717) is 12.1 Å². The number of ether oxygens (including phenoxy) is 1. The highest BCUT2D eigenvalue weighted by molar-refractivity contribution is 5.25. The summed E-state index contributed by atoms with van der Waals surface area (Å²) in [4.78, 5) is 2.48. The monoisotopic (exact) mass is 292 g/mol. The van der Waals surface area contributed by atoms with Gasteiger partial charge >= 0.3 is 0 Å². The van der Waals surface area contributed by atoms with Crippen LogP contribution in [0.25, 0.3) is 0 Å². The zero-order valence-electron chi connectivity index (χ0n) is 14.4. The minimum atomic E-state index is 0.375. The quantitative estimate of drug-likeness (QED) is 0.716. The predicted octanol–water partition coefficient (Wildman–Crippen LogP) is 3.26. The van der Waals surface area contributed by atoms with Gasteiger partial charge in [0.15, 0.2) is 0 Å². The molecule has 0 aliphatic heterocycles. The fourth-order valence-electron chi connectivity index (χ4n) is 2.72. The normalized spacial score (nSPS) is 14.4. The van der Waals surface area contributed by atoms with E-state index in [-0.39, 0.29) is 0 Å². The minimum Gasteiger partial charge on any atom is -0.383 e. The number of nitrogens with zero attached hydrogens (tertiary/aromatic N) is 1. The molecule has 0 radical (unpaired) electrons. The summed E-state index contributed by atoms with van der Waals surface area (Å²) in [7, 11) is 1.77. The van der Waals surface area contributed by atoms with Crippen molar-refractivity contribution in [1.82, 2.24) is 10.2 Å². The van der Waals surface area contributed by atoms with E-state index in [4.69, 9.17) is 4.74 Å². The Kier molecular flexibility index (Phi) is 8.58. The van der Waals surface area contributed by atoms with Gasteiger partial charge in [-0.2, -0.15) is 0 Å². The van der Waals surface area contributed by atoms with Crippen LogP contribution in [0.4, 0.5) is 0 Å². The van der Waals surface area contributed by atoms with Crippen LogP contribution >= 0.6 is 0 Å². The second kappa shape index (κ2) is 9.93. The Morgan fingerprint density at radius 1 is 1.14 bits per heavy atom. The highest BCUT2D eigenvalue weighted by atomic mass is 16.5. The first kappa shape index (κ1) is 18.1. The highest BCUT2D eigenvalue weighted by Crippen LogP contribution is 2.17. The summed E-state index contributed by atoms with van der Waals surface area (Å²) in [6.45, 7) is 12.6. The number of methoxy groups -OCH3 is 1. The molecule has 0 bridgehead atoms. The average Bonchev–Trinajstić information content (AvgIpc) is 2.51. The first-order valence-electron chi connectivity index (χ1n) is 8.21. The molecule has 0 spiro atoms. The maximum atomic E-state index is 5.30. The topological polar surface area (TPSA) is 24.5 Å². The lowest BCUT2D eigenvalue weighted by atomic mass is 10.0. The molecule has 21 heavy (non-hydrogen) atoms. The maximum Gasteiger partial charge on any atom is 0.0615 e. The molecular formula is C18H32N2O. The fraction of sp³-hybridized carbons (Fsp3) is 0.667. The van der Waals surface area contributed by atoms with Gasteiger partial charge in [0, 0.05) is 25.7 Å². The maximum absolute atomic E-state index is 5.30. The Balaban J connectivity index is 2.78. The van der Waals surface area contributed by atoms with E-state index in [0.717, 1.165) is 32.7 Å². The zero-order chi connectivity index (χ0) is 15.7. The molecule has 0 aliphatic carbocycles. The van der Waals surface area contributed by atoms with E-state index >= 15 is 0 Å². The van der Waals surface area contributed by atoms with Crippen molar-refractivity contribution in [3.63, 3.8) is 0 Å². The van der Waals surface area contributed by atoms with Gasteiger partial charge < -0.3 is 10.1 Å². The van der Waals surface area contributed by atoms with E-state index in [1.54, 1.807) is 7.11 Å². The average molecular weight is 292 g/mol.